The topological polar surface area (TPSA) is 38.5 Å². The second-order valence-electron chi connectivity index (χ2n) is 3.77. The van der Waals surface area contributed by atoms with Crippen molar-refractivity contribution in [3.63, 3.8) is 0 Å². The molecule has 0 aliphatic rings. The Morgan fingerprint density at radius 3 is 2.12 bits per heavy atom. The van der Waals surface area contributed by atoms with Crippen molar-refractivity contribution in [3.8, 4) is 5.75 Å². The van der Waals surface area contributed by atoms with Crippen molar-refractivity contribution >= 4 is 5.69 Å². The number of anilines is 1. The molecule has 0 aromatic heterocycles. The summed E-state index contributed by atoms with van der Waals surface area (Å²) in [5.74, 6) is 0.882. The smallest absolute Gasteiger partial charge is 0.152 e. The maximum atomic E-state index is 5.93. The van der Waals surface area contributed by atoms with E-state index in [2.05, 4.69) is 25.7 Å². The SMILES string of the molecule is CCC(Oc1ccc(N)cc1)N(CC)CC. The third-order valence-corrected chi connectivity index (χ3v) is 2.72. The highest BCUT2D eigenvalue weighted by Gasteiger charge is 2.14. The lowest BCUT2D eigenvalue weighted by Crippen LogP contribution is -2.38. The van der Waals surface area contributed by atoms with Crippen molar-refractivity contribution in [2.45, 2.75) is 33.4 Å². The lowest BCUT2D eigenvalue weighted by Gasteiger charge is -2.29. The molecule has 0 fully saturated rings. The first-order chi connectivity index (χ1) is 7.71. The molecule has 1 aromatic rings. The van der Waals surface area contributed by atoms with Gasteiger partial charge in [0.2, 0.25) is 0 Å². The lowest BCUT2D eigenvalue weighted by atomic mass is 10.3. The Morgan fingerprint density at radius 2 is 1.69 bits per heavy atom. The molecule has 0 aliphatic heterocycles. The van der Waals surface area contributed by atoms with Crippen molar-refractivity contribution < 1.29 is 4.74 Å². The van der Waals surface area contributed by atoms with Crippen LogP contribution in [0.3, 0.4) is 0 Å². The van der Waals surface area contributed by atoms with Crippen LogP contribution in [0.15, 0.2) is 24.3 Å². The molecule has 0 saturated heterocycles. The zero-order valence-electron chi connectivity index (χ0n) is 10.4. The quantitative estimate of drug-likeness (QED) is 0.594. The number of benzene rings is 1. The van der Waals surface area contributed by atoms with E-state index in [9.17, 15) is 0 Å². The van der Waals surface area contributed by atoms with Gasteiger partial charge in [-0.2, -0.15) is 0 Å². The van der Waals surface area contributed by atoms with E-state index in [1.807, 2.05) is 24.3 Å². The molecule has 0 saturated carbocycles. The van der Waals surface area contributed by atoms with E-state index in [4.69, 9.17) is 10.5 Å². The van der Waals surface area contributed by atoms with Gasteiger partial charge in [0.05, 0.1) is 0 Å². The van der Waals surface area contributed by atoms with Crippen LogP contribution in [-0.4, -0.2) is 24.2 Å². The molecule has 0 radical (unpaired) electrons. The van der Waals surface area contributed by atoms with Gasteiger partial charge in [-0.05, 0) is 43.8 Å². The monoisotopic (exact) mass is 222 g/mol. The molecule has 0 bridgehead atoms. The van der Waals surface area contributed by atoms with Gasteiger partial charge >= 0.3 is 0 Å². The number of nitrogens with two attached hydrogens (primary N) is 1. The van der Waals surface area contributed by atoms with Gasteiger partial charge in [-0.25, -0.2) is 0 Å². The zero-order valence-corrected chi connectivity index (χ0v) is 10.4. The molecule has 16 heavy (non-hydrogen) atoms. The molecule has 0 aliphatic carbocycles. The molecule has 90 valence electrons. The fraction of sp³-hybridized carbons (Fsp3) is 0.538. The van der Waals surface area contributed by atoms with Crippen LogP contribution in [0.4, 0.5) is 5.69 Å². The lowest BCUT2D eigenvalue weighted by molar-refractivity contribution is 0.0299. The van der Waals surface area contributed by atoms with Crippen LogP contribution in [0.1, 0.15) is 27.2 Å². The second-order valence-corrected chi connectivity index (χ2v) is 3.77. The Kier molecular flexibility index (Phi) is 5.12. The van der Waals surface area contributed by atoms with Crippen LogP contribution in [0, 0.1) is 0 Å². The molecule has 0 heterocycles. The summed E-state index contributed by atoms with van der Waals surface area (Å²) < 4.78 is 5.93. The average molecular weight is 222 g/mol. The minimum Gasteiger partial charge on any atom is -0.475 e. The van der Waals surface area contributed by atoms with Crippen molar-refractivity contribution in [2.24, 2.45) is 0 Å². The number of nitrogens with zero attached hydrogens (tertiary/aromatic N) is 1. The normalized spacial score (nSPS) is 12.8. The van der Waals surface area contributed by atoms with E-state index in [0.29, 0.717) is 0 Å². The summed E-state index contributed by atoms with van der Waals surface area (Å²) >= 11 is 0. The highest BCUT2D eigenvalue weighted by molar-refractivity contribution is 5.41. The molecule has 1 aromatic carbocycles. The van der Waals surface area contributed by atoms with Gasteiger partial charge in [0, 0.05) is 5.69 Å². The maximum Gasteiger partial charge on any atom is 0.152 e. The third kappa shape index (κ3) is 3.42. The first-order valence-corrected chi connectivity index (χ1v) is 5.97. The number of nitrogen functional groups attached to an aromatic ring is 1. The zero-order chi connectivity index (χ0) is 12.0. The summed E-state index contributed by atoms with van der Waals surface area (Å²) in [6, 6.07) is 7.57. The predicted octanol–water partition coefficient (Wildman–Crippen LogP) is 2.73. The minimum absolute atomic E-state index is 0.152. The van der Waals surface area contributed by atoms with E-state index in [0.717, 1.165) is 30.9 Å². The van der Waals surface area contributed by atoms with Crippen LogP contribution >= 0.6 is 0 Å². The summed E-state index contributed by atoms with van der Waals surface area (Å²) in [7, 11) is 0. The molecule has 3 heteroatoms. The van der Waals surface area contributed by atoms with Crippen LogP contribution < -0.4 is 10.5 Å². The summed E-state index contributed by atoms with van der Waals surface area (Å²) in [4.78, 5) is 2.30. The number of ether oxygens (including phenoxy) is 1. The van der Waals surface area contributed by atoms with Gasteiger partial charge < -0.3 is 10.5 Å². The van der Waals surface area contributed by atoms with Crippen LogP contribution in [0.25, 0.3) is 0 Å². The van der Waals surface area contributed by atoms with Crippen molar-refractivity contribution in [2.75, 3.05) is 18.8 Å². The highest BCUT2D eigenvalue weighted by atomic mass is 16.5. The molecule has 0 amide bonds. The number of rotatable bonds is 6. The summed E-state index contributed by atoms with van der Waals surface area (Å²) in [6.45, 7) is 8.45. The summed E-state index contributed by atoms with van der Waals surface area (Å²) in [5.41, 5.74) is 6.40. The van der Waals surface area contributed by atoms with Gasteiger partial charge in [0.1, 0.15) is 5.75 Å². The standard InChI is InChI=1S/C13H22N2O/c1-4-13(15(5-2)6-3)16-12-9-7-11(14)8-10-12/h7-10,13H,4-6,14H2,1-3H3. The van der Waals surface area contributed by atoms with Gasteiger partial charge in [0.25, 0.3) is 0 Å². The molecule has 1 atom stereocenters. The molecule has 1 rings (SSSR count). The van der Waals surface area contributed by atoms with Gasteiger partial charge in [-0.1, -0.05) is 20.8 Å². The number of hydrogen-bond acceptors (Lipinski definition) is 3. The van der Waals surface area contributed by atoms with E-state index < -0.39 is 0 Å². The van der Waals surface area contributed by atoms with Gasteiger partial charge in [-0.3, -0.25) is 4.90 Å². The second kappa shape index (κ2) is 6.38. The molecule has 0 spiro atoms. The predicted molar refractivity (Wildman–Crippen MR) is 68.5 cm³/mol. The van der Waals surface area contributed by atoms with Crippen LogP contribution in [0.5, 0.6) is 5.75 Å². The summed E-state index contributed by atoms with van der Waals surface area (Å²) in [6.07, 6.45) is 1.13. The van der Waals surface area contributed by atoms with Crippen molar-refractivity contribution in [1.29, 1.82) is 0 Å². The van der Waals surface area contributed by atoms with Crippen molar-refractivity contribution in [1.82, 2.24) is 4.90 Å². The Morgan fingerprint density at radius 1 is 1.12 bits per heavy atom. The number of hydrogen-bond donors (Lipinski definition) is 1. The van der Waals surface area contributed by atoms with Crippen LogP contribution in [0.2, 0.25) is 0 Å². The highest BCUT2D eigenvalue weighted by Crippen LogP contribution is 2.17. The Bertz CT molecular complexity index is 293. The Labute approximate surface area is 98.2 Å². The first-order valence-electron chi connectivity index (χ1n) is 5.97. The van der Waals surface area contributed by atoms with E-state index >= 15 is 0 Å². The molecule has 1 unspecified atom stereocenters. The van der Waals surface area contributed by atoms with Gasteiger partial charge in [0.15, 0.2) is 6.23 Å². The average Bonchev–Trinajstić information content (AvgIpc) is 2.32. The summed E-state index contributed by atoms with van der Waals surface area (Å²) in [5, 5.41) is 0. The van der Waals surface area contributed by atoms with E-state index in [-0.39, 0.29) is 6.23 Å². The van der Waals surface area contributed by atoms with E-state index in [1.165, 1.54) is 0 Å². The van der Waals surface area contributed by atoms with E-state index in [1.54, 1.807) is 0 Å². The fourth-order valence-corrected chi connectivity index (χ4v) is 1.75. The minimum atomic E-state index is 0.152. The molecular weight excluding hydrogens is 200 g/mol. The van der Waals surface area contributed by atoms with Gasteiger partial charge in [-0.15, -0.1) is 0 Å². The fourth-order valence-electron chi connectivity index (χ4n) is 1.75. The molecular formula is C13H22N2O. The maximum absolute atomic E-state index is 5.93. The Balaban J connectivity index is 2.65. The first kappa shape index (κ1) is 12.8. The van der Waals surface area contributed by atoms with Crippen LogP contribution in [-0.2, 0) is 0 Å². The molecule has 3 nitrogen and oxygen atoms in total. The van der Waals surface area contributed by atoms with Crippen molar-refractivity contribution in [3.05, 3.63) is 24.3 Å². The Hall–Kier alpha value is -1.22. The third-order valence-electron chi connectivity index (χ3n) is 2.72. The largest absolute Gasteiger partial charge is 0.475 e. The molecule has 2 N–H and O–H groups in total.